The maximum absolute atomic E-state index is 10.6. The fraction of sp³-hybridized carbons (Fsp3) is 0. The first-order valence-corrected chi connectivity index (χ1v) is 5.88. The molecule has 0 radical (unpaired) electrons. The van der Waals surface area contributed by atoms with Crippen LogP contribution in [0.3, 0.4) is 0 Å². The lowest BCUT2D eigenvalue weighted by Crippen LogP contribution is -2.47. The van der Waals surface area contributed by atoms with Gasteiger partial charge in [0.05, 0.1) is 0 Å². The average Bonchev–Trinajstić information content (AvgIpc) is 2.29. The Balaban J connectivity index is 0.00000162. The van der Waals surface area contributed by atoms with Crippen molar-refractivity contribution in [3.05, 3.63) is 42.9 Å². The molecule has 0 amide bonds. The van der Waals surface area contributed by atoms with E-state index in [2.05, 4.69) is 14.3 Å². The van der Waals surface area contributed by atoms with Crippen molar-refractivity contribution >= 4 is 10.4 Å². The minimum absolute atomic E-state index is 0. The van der Waals surface area contributed by atoms with Crippen LogP contribution in [0, 0.1) is 0 Å². The summed E-state index contributed by atoms with van der Waals surface area (Å²) in [6.45, 7) is 0. The summed E-state index contributed by atoms with van der Waals surface area (Å²) >= 11 is 0. The normalized spacial score (nSPS) is 10.5. The summed E-state index contributed by atoms with van der Waals surface area (Å²) < 4.78 is 35.1. The molecule has 0 spiro atoms. The molecule has 96 valence electrons. The number of hydrogen-bond acceptors (Lipinski definition) is 6. The third kappa shape index (κ3) is 3.45. The molecule has 0 aliphatic rings. The Labute approximate surface area is 103 Å². The Morgan fingerprint density at radius 2 is 1.89 bits per heavy atom. The first-order valence-electron chi connectivity index (χ1n) is 4.52. The molecule has 0 aromatic carbocycles. The standard InChI is InChI=1S/C9H7N3O4S.H2O/c13-17(14,15)16-12-7-3-6-11-9(12)8-4-1-2-5-10-8;/h1-7H;1H2. The maximum atomic E-state index is 10.6. The molecule has 0 bridgehead atoms. The summed E-state index contributed by atoms with van der Waals surface area (Å²) in [5.74, 6) is 0.158. The first kappa shape index (κ1) is 14.0. The second-order valence-corrected chi connectivity index (χ2v) is 3.99. The highest BCUT2D eigenvalue weighted by Crippen LogP contribution is 2.06. The average molecular weight is 271 g/mol. The van der Waals surface area contributed by atoms with Crippen LogP contribution in [0.1, 0.15) is 0 Å². The second kappa shape index (κ2) is 5.49. The van der Waals surface area contributed by atoms with Crippen molar-refractivity contribution in [3.8, 4) is 11.5 Å². The van der Waals surface area contributed by atoms with E-state index < -0.39 is 10.4 Å². The summed E-state index contributed by atoms with van der Waals surface area (Å²) in [4.78, 5) is 7.93. The van der Waals surface area contributed by atoms with E-state index in [1.165, 1.54) is 24.7 Å². The van der Waals surface area contributed by atoms with Gasteiger partial charge in [-0.05, 0) is 21.8 Å². The largest absolute Gasteiger partial charge is 0.870 e. The van der Waals surface area contributed by atoms with Crippen LogP contribution in [0.15, 0.2) is 42.9 Å². The summed E-state index contributed by atoms with van der Waals surface area (Å²) in [5, 5.41) is 0. The van der Waals surface area contributed by atoms with Crippen LogP contribution in [0.25, 0.3) is 11.5 Å². The van der Waals surface area contributed by atoms with E-state index in [0.29, 0.717) is 5.69 Å². The van der Waals surface area contributed by atoms with Crippen LogP contribution in [0.5, 0.6) is 0 Å². The lowest BCUT2D eigenvalue weighted by Gasteiger charge is -1.99. The Bertz CT molecular complexity index is 617. The van der Waals surface area contributed by atoms with E-state index in [4.69, 9.17) is 4.55 Å². The molecule has 0 saturated carbocycles. The van der Waals surface area contributed by atoms with Crippen molar-refractivity contribution in [1.29, 1.82) is 0 Å². The number of nitrogens with zero attached hydrogens (tertiary/aromatic N) is 3. The summed E-state index contributed by atoms with van der Waals surface area (Å²) in [7, 11) is -4.61. The quantitative estimate of drug-likeness (QED) is 0.588. The molecule has 2 aromatic heterocycles. The molecule has 9 heteroatoms. The zero-order valence-electron chi connectivity index (χ0n) is 8.91. The molecule has 8 nitrogen and oxygen atoms in total. The molecule has 2 rings (SSSR count). The summed E-state index contributed by atoms with van der Waals surface area (Å²) in [6.07, 6.45) is 4.28. The molecule has 18 heavy (non-hydrogen) atoms. The molecular formula is C9H9N3O5S. The van der Waals surface area contributed by atoms with Crippen LogP contribution in [-0.2, 0) is 10.4 Å². The predicted molar refractivity (Wildman–Crippen MR) is 57.7 cm³/mol. The van der Waals surface area contributed by atoms with E-state index in [-0.39, 0.29) is 11.3 Å². The van der Waals surface area contributed by atoms with Crippen molar-refractivity contribution in [2.75, 3.05) is 0 Å². The zero-order chi connectivity index (χ0) is 12.3. The monoisotopic (exact) mass is 271 g/mol. The molecule has 0 fully saturated rings. The van der Waals surface area contributed by atoms with Gasteiger partial charge in [0.2, 0.25) is 0 Å². The smallest absolute Gasteiger partial charge is 0.482 e. The Morgan fingerprint density at radius 1 is 1.17 bits per heavy atom. The fourth-order valence-corrected chi connectivity index (χ4v) is 1.52. The lowest BCUT2D eigenvalue weighted by molar-refractivity contribution is -0.850. The van der Waals surface area contributed by atoms with Crippen LogP contribution < -0.4 is 9.01 Å². The van der Waals surface area contributed by atoms with Gasteiger partial charge in [0.1, 0.15) is 12.4 Å². The van der Waals surface area contributed by atoms with E-state index in [0.717, 1.165) is 4.73 Å². The fourth-order valence-electron chi connectivity index (χ4n) is 1.19. The molecule has 0 aliphatic heterocycles. The highest BCUT2D eigenvalue weighted by molar-refractivity contribution is 7.80. The molecule has 2 heterocycles. The maximum Gasteiger partial charge on any atom is 0.482 e. The minimum atomic E-state index is -4.61. The highest BCUT2D eigenvalue weighted by atomic mass is 32.3. The van der Waals surface area contributed by atoms with Gasteiger partial charge in [0.25, 0.3) is 0 Å². The summed E-state index contributed by atoms with van der Waals surface area (Å²) in [6, 6.07) is 6.51. The number of aromatic nitrogens is 3. The molecule has 0 saturated heterocycles. The van der Waals surface area contributed by atoms with Gasteiger partial charge in [-0.1, -0.05) is 6.07 Å². The molecule has 0 aliphatic carbocycles. The van der Waals surface area contributed by atoms with Gasteiger partial charge >= 0.3 is 16.2 Å². The zero-order valence-corrected chi connectivity index (χ0v) is 9.73. The third-order valence-corrected chi connectivity index (χ3v) is 2.13. The van der Waals surface area contributed by atoms with Crippen molar-refractivity contribution < 1.29 is 27.5 Å². The SMILES string of the molecule is O=S(=O)(O)O[n+]1cccnc1-c1ccccn1.[OH-]. The van der Waals surface area contributed by atoms with Crippen LogP contribution in [-0.4, -0.2) is 28.4 Å². The van der Waals surface area contributed by atoms with E-state index in [1.54, 1.807) is 18.2 Å². The van der Waals surface area contributed by atoms with Gasteiger partial charge in [-0.25, -0.2) is 4.98 Å². The van der Waals surface area contributed by atoms with Gasteiger partial charge in [-0.2, -0.15) is 12.7 Å². The van der Waals surface area contributed by atoms with Gasteiger partial charge < -0.3 is 5.48 Å². The van der Waals surface area contributed by atoms with E-state index in [1.807, 2.05) is 0 Å². The summed E-state index contributed by atoms with van der Waals surface area (Å²) in [5.41, 5.74) is 0.414. The van der Waals surface area contributed by atoms with Crippen molar-refractivity contribution in [1.82, 2.24) is 9.97 Å². The van der Waals surface area contributed by atoms with Gasteiger partial charge in [-0.15, -0.1) is 0 Å². The first-order chi connectivity index (χ1) is 8.06. The van der Waals surface area contributed by atoms with Crippen molar-refractivity contribution in [2.45, 2.75) is 0 Å². The Kier molecular flexibility index (Phi) is 4.26. The van der Waals surface area contributed by atoms with Crippen molar-refractivity contribution in [3.63, 3.8) is 0 Å². The molecule has 2 aromatic rings. The van der Waals surface area contributed by atoms with Crippen LogP contribution in [0.2, 0.25) is 0 Å². The topological polar surface area (TPSA) is 123 Å². The van der Waals surface area contributed by atoms with Crippen molar-refractivity contribution in [2.24, 2.45) is 0 Å². The second-order valence-electron chi connectivity index (χ2n) is 2.99. The number of pyridine rings is 1. The van der Waals surface area contributed by atoms with Gasteiger partial charge in [0.15, 0.2) is 5.69 Å². The van der Waals surface area contributed by atoms with Crippen LogP contribution in [0.4, 0.5) is 0 Å². The van der Waals surface area contributed by atoms with E-state index >= 15 is 0 Å². The lowest BCUT2D eigenvalue weighted by atomic mass is 10.3. The molecular weight excluding hydrogens is 262 g/mol. The number of hydrogen-bond donors (Lipinski definition) is 1. The van der Waals surface area contributed by atoms with Gasteiger partial charge in [0, 0.05) is 12.3 Å². The third-order valence-electron chi connectivity index (χ3n) is 1.78. The molecule has 0 atom stereocenters. The predicted octanol–water partition coefficient (Wildman–Crippen LogP) is -0.514. The van der Waals surface area contributed by atoms with Crippen LogP contribution >= 0.6 is 0 Å². The number of rotatable bonds is 3. The minimum Gasteiger partial charge on any atom is -0.870 e. The highest BCUT2D eigenvalue weighted by Gasteiger charge is 2.21. The van der Waals surface area contributed by atoms with Gasteiger partial charge in [-0.3, -0.25) is 4.55 Å². The molecule has 0 unspecified atom stereocenters. The van der Waals surface area contributed by atoms with E-state index in [9.17, 15) is 8.42 Å². The Hall–Kier alpha value is -2.10. The molecule has 2 N–H and O–H groups in total. The Morgan fingerprint density at radius 3 is 2.50 bits per heavy atom.